The summed E-state index contributed by atoms with van der Waals surface area (Å²) >= 11 is 0. The van der Waals surface area contributed by atoms with Crippen LogP contribution in [-0.4, -0.2) is 39.8 Å². The second-order valence-corrected chi connectivity index (χ2v) is 17.8. The summed E-state index contributed by atoms with van der Waals surface area (Å²) < 4.78 is 102. The van der Waals surface area contributed by atoms with Gasteiger partial charge in [0.2, 0.25) is 11.8 Å². The molecule has 4 heterocycles. The first-order valence-electron chi connectivity index (χ1n) is 22.0. The number of aromatic nitrogens is 2. The van der Waals surface area contributed by atoms with Crippen molar-refractivity contribution in [1.82, 2.24) is 9.97 Å². The van der Waals surface area contributed by atoms with Gasteiger partial charge in [0.1, 0.15) is 16.4 Å². The van der Waals surface area contributed by atoms with Crippen LogP contribution in [0, 0.1) is 20.8 Å². The maximum atomic E-state index is 15.3. The predicted molar refractivity (Wildman–Crippen MR) is 251 cm³/mol. The number of benzene rings is 7. The molecule has 1 unspecified atom stereocenters. The van der Waals surface area contributed by atoms with Gasteiger partial charge in [-0.1, -0.05) is 53.6 Å². The van der Waals surface area contributed by atoms with E-state index in [9.17, 15) is 32.3 Å². The van der Waals surface area contributed by atoms with Crippen molar-refractivity contribution in [1.29, 1.82) is 0 Å². The normalized spacial score (nSPS) is 14.8. The highest BCUT2D eigenvalue weighted by molar-refractivity contribution is 6.35. The fourth-order valence-corrected chi connectivity index (χ4v) is 9.34. The van der Waals surface area contributed by atoms with Crippen LogP contribution in [0.1, 0.15) is 81.7 Å². The van der Waals surface area contributed by atoms with E-state index in [4.69, 9.17) is 8.83 Å². The number of alkyl halides is 6. The lowest BCUT2D eigenvalue weighted by Gasteiger charge is -2.33. The molecule has 10 nitrogen and oxygen atoms in total. The summed E-state index contributed by atoms with van der Waals surface area (Å²) in [5.41, 5.74) is -0.347. The smallest absolute Gasteiger partial charge is 0.417 e. The Balaban J connectivity index is 0.871. The van der Waals surface area contributed by atoms with Gasteiger partial charge >= 0.3 is 12.4 Å². The molecule has 0 fully saturated rings. The van der Waals surface area contributed by atoms with Gasteiger partial charge in [0.05, 0.1) is 39.2 Å². The summed E-state index contributed by atoms with van der Waals surface area (Å²) in [6.07, 6.45) is -9.71. The van der Waals surface area contributed by atoms with Crippen LogP contribution in [-0.2, 0) is 11.6 Å². The number of rotatable bonds is 7. The van der Waals surface area contributed by atoms with E-state index in [0.717, 1.165) is 23.5 Å². The van der Waals surface area contributed by atoms with Gasteiger partial charge < -0.3 is 8.83 Å². The maximum absolute atomic E-state index is 15.3. The standard InChI is InChI=1S/C55H34F6N4O6/c1-27-5-8-30(9-6-27)47-62-43-19-11-33(25-46(43)71-47)53(4,55(59,60)61)32-12-20-45-44(24-32)63-48(70-45)31-10-16-39-41(23-31)52(69)64(50(39)67)34-13-17-36(29(3)22-34)37-18-14-35(26-42(37)54(56,57)58)65-49(66)38-15-7-28(2)21-40(38)51(65)68/h5-26H,1-4H3. The minimum atomic E-state index is -4.92. The number of fused-ring (bicyclic) bond motifs is 4. The summed E-state index contributed by atoms with van der Waals surface area (Å²) in [7, 11) is 0. The minimum Gasteiger partial charge on any atom is -0.436 e. The first-order valence-corrected chi connectivity index (χ1v) is 22.0. The summed E-state index contributed by atoms with van der Waals surface area (Å²) in [6.45, 7) is 6.24. The molecular weight excluding hydrogens is 927 g/mol. The zero-order valence-corrected chi connectivity index (χ0v) is 37.7. The third kappa shape index (κ3) is 7.11. The van der Waals surface area contributed by atoms with Crippen molar-refractivity contribution < 1.29 is 54.4 Å². The number of halogens is 6. The molecule has 0 spiro atoms. The molecule has 352 valence electrons. The fraction of sp³-hybridized carbons (Fsp3) is 0.127. The molecule has 9 aromatic rings. The number of carbonyl (C=O) groups is 4. The molecule has 0 saturated heterocycles. The lowest BCUT2D eigenvalue weighted by atomic mass is 9.75. The molecular formula is C55H34F6N4O6. The average molecular weight is 961 g/mol. The van der Waals surface area contributed by atoms with Crippen molar-refractivity contribution in [3.63, 3.8) is 0 Å². The molecule has 4 amide bonds. The van der Waals surface area contributed by atoms with E-state index in [2.05, 4.69) is 9.97 Å². The van der Waals surface area contributed by atoms with Crippen molar-refractivity contribution in [2.45, 2.75) is 45.5 Å². The number of nitrogens with zero attached hydrogens (tertiary/aromatic N) is 4. The molecule has 2 aliphatic rings. The highest BCUT2D eigenvalue weighted by Gasteiger charge is 2.54. The number of anilines is 2. The van der Waals surface area contributed by atoms with Gasteiger partial charge in [-0.05, 0) is 147 Å². The van der Waals surface area contributed by atoms with Gasteiger partial charge in [0.15, 0.2) is 11.2 Å². The first-order chi connectivity index (χ1) is 33.7. The quantitative estimate of drug-likeness (QED) is 0.114. The Morgan fingerprint density at radius 2 is 0.972 bits per heavy atom. The van der Waals surface area contributed by atoms with Crippen molar-refractivity contribution >= 4 is 57.2 Å². The van der Waals surface area contributed by atoms with E-state index >= 15 is 13.2 Å². The Hall–Kier alpha value is -8.66. The monoisotopic (exact) mass is 960 g/mol. The number of carbonyl (C=O) groups excluding carboxylic acids is 4. The Bertz CT molecular complexity index is 3800. The summed E-state index contributed by atoms with van der Waals surface area (Å²) in [5, 5.41) is 0. The molecule has 0 N–H and O–H groups in total. The molecule has 0 radical (unpaired) electrons. The average Bonchev–Trinajstić information content (AvgIpc) is 4.08. The molecule has 2 aromatic heterocycles. The fourth-order valence-electron chi connectivity index (χ4n) is 9.34. The van der Waals surface area contributed by atoms with E-state index < -0.39 is 47.0 Å². The number of imide groups is 2. The van der Waals surface area contributed by atoms with Gasteiger partial charge in [0, 0.05) is 11.1 Å². The van der Waals surface area contributed by atoms with Crippen LogP contribution in [0.2, 0.25) is 0 Å². The number of hydrogen-bond acceptors (Lipinski definition) is 8. The third-order valence-electron chi connectivity index (χ3n) is 13.3. The lowest BCUT2D eigenvalue weighted by molar-refractivity contribution is -0.173. The highest BCUT2D eigenvalue weighted by Crippen LogP contribution is 2.48. The molecule has 2 aliphatic heterocycles. The molecule has 7 aromatic carbocycles. The van der Waals surface area contributed by atoms with E-state index in [1.54, 1.807) is 13.0 Å². The zero-order chi connectivity index (χ0) is 50.1. The summed E-state index contributed by atoms with van der Waals surface area (Å²) in [5.74, 6) is -2.71. The van der Waals surface area contributed by atoms with E-state index in [-0.39, 0.29) is 95.5 Å². The van der Waals surface area contributed by atoms with Gasteiger partial charge in [-0.15, -0.1) is 0 Å². The van der Waals surface area contributed by atoms with Crippen LogP contribution < -0.4 is 9.80 Å². The topological polar surface area (TPSA) is 127 Å². The van der Waals surface area contributed by atoms with Gasteiger partial charge in [-0.2, -0.15) is 26.3 Å². The Kier molecular flexibility index (Phi) is 9.90. The first kappa shape index (κ1) is 44.8. The van der Waals surface area contributed by atoms with Crippen LogP contribution in [0.4, 0.5) is 37.7 Å². The van der Waals surface area contributed by atoms with Gasteiger partial charge in [-0.3, -0.25) is 19.2 Å². The molecule has 11 rings (SSSR count). The lowest BCUT2D eigenvalue weighted by Crippen LogP contribution is -2.40. The molecule has 0 bridgehead atoms. The summed E-state index contributed by atoms with van der Waals surface area (Å²) in [4.78, 5) is 64.9. The third-order valence-corrected chi connectivity index (χ3v) is 13.3. The second-order valence-electron chi connectivity index (χ2n) is 17.8. The van der Waals surface area contributed by atoms with Crippen LogP contribution in [0.15, 0.2) is 142 Å². The Morgan fingerprint density at radius 1 is 0.451 bits per heavy atom. The Labute approximate surface area is 398 Å². The Morgan fingerprint density at radius 3 is 1.63 bits per heavy atom. The largest absolute Gasteiger partial charge is 0.436 e. The van der Waals surface area contributed by atoms with E-state index in [1.807, 2.05) is 31.2 Å². The molecule has 16 heteroatoms. The van der Waals surface area contributed by atoms with Crippen LogP contribution in [0.5, 0.6) is 0 Å². The maximum Gasteiger partial charge on any atom is 0.417 e. The molecule has 0 aliphatic carbocycles. The number of amides is 4. The second kappa shape index (κ2) is 15.7. The summed E-state index contributed by atoms with van der Waals surface area (Å²) in [6, 6.07) is 31.7. The minimum absolute atomic E-state index is 0.0211. The SMILES string of the molecule is Cc1ccc(-c2nc3ccc(C(C)(c4ccc5oc(-c6ccc7c(c6)C(=O)N(c6ccc(-c8ccc(N9C(=O)c%10ccc(C)cc%10C9=O)cc8C(F)(F)F)c(C)c6)C7=O)nc5c4)C(F)(F)F)cc3o2)cc1. The van der Waals surface area contributed by atoms with Crippen molar-refractivity contribution in [3.8, 4) is 34.0 Å². The number of hydrogen-bond donors (Lipinski definition) is 0. The van der Waals surface area contributed by atoms with Crippen molar-refractivity contribution in [2.75, 3.05) is 9.80 Å². The van der Waals surface area contributed by atoms with Crippen LogP contribution in [0.3, 0.4) is 0 Å². The molecule has 1 atom stereocenters. The van der Waals surface area contributed by atoms with Gasteiger partial charge in [0.25, 0.3) is 23.6 Å². The number of aryl methyl sites for hydroxylation is 3. The van der Waals surface area contributed by atoms with Crippen molar-refractivity contribution in [3.05, 3.63) is 189 Å². The highest BCUT2D eigenvalue weighted by atomic mass is 19.4. The van der Waals surface area contributed by atoms with Gasteiger partial charge in [-0.25, -0.2) is 19.8 Å². The van der Waals surface area contributed by atoms with E-state index in [0.29, 0.717) is 21.5 Å². The predicted octanol–water partition coefficient (Wildman–Crippen LogP) is 13.4. The number of oxazole rings is 2. The zero-order valence-electron chi connectivity index (χ0n) is 37.7. The molecule has 71 heavy (non-hydrogen) atoms. The van der Waals surface area contributed by atoms with Crippen LogP contribution in [0.25, 0.3) is 56.2 Å². The molecule has 0 saturated carbocycles. The van der Waals surface area contributed by atoms with E-state index in [1.165, 1.54) is 104 Å². The van der Waals surface area contributed by atoms with Crippen molar-refractivity contribution in [2.24, 2.45) is 0 Å². The van der Waals surface area contributed by atoms with Crippen LogP contribution >= 0.6 is 0 Å².